The van der Waals surface area contributed by atoms with Gasteiger partial charge in [0, 0.05) is 21.8 Å². The van der Waals surface area contributed by atoms with Crippen LogP contribution in [0.2, 0.25) is 0 Å². The molecule has 0 bridgehead atoms. The van der Waals surface area contributed by atoms with E-state index < -0.39 is 0 Å². The maximum absolute atomic E-state index is 4.97. The summed E-state index contributed by atoms with van der Waals surface area (Å²) in [6, 6.07) is 52.2. The molecule has 0 saturated heterocycles. The molecule has 10 aromatic rings. The lowest BCUT2D eigenvalue weighted by Crippen LogP contribution is -1.97. The topological polar surface area (TPSA) is 35.6 Å². The summed E-state index contributed by atoms with van der Waals surface area (Å²) < 4.78 is 2.43. The van der Waals surface area contributed by atoms with Crippen molar-refractivity contribution in [3.63, 3.8) is 0 Å². The Hall–Kier alpha value is -6.00. The average molecular weight is 561 g/mol. The fourth-order valence-corrected chi connectivity index (χ4v) is 7.08. The Morgan fingerprint density at radius 2 is 1.09 bits per heavy atom. The van der Waals surface area contributed by atoms with Crippen molar-refractivity contribution in [1.82, 2.24) is 19.6 Å². The second kappa shape index (κ2) is 8.76. The Labute approximate surface area is 252 Å². The zero-order valence-corrected chi connectivity index (χ0v) is 23.6. The van der Waals surface area contributed by atoms with E-state index in [9.17, 15) is 0 Å². The lowest BCUT2D eigenvalue weighted by molar-refractivity contribution is 0.766. The lowest BCUT2D eigenvalue weighted by Gasteiger charge is -2.11. The van der Waals surface area contributed by atoms with Crippen molar-refractivity contribution in [2.45, 2.75) is 0 Å². The third kappa shape index (κ3) is 3.28. The highest BCUT2D eigenvalue weighted by molar-refractivity contribution is 6.23. The Bertz CT molecular complexity index is 2770. The first kappa shape index (κ1) is 23.6. The van der Waals surface area contributed by atoms with Crippen LogP contribution in [0.5, 0.6) is 0 Å². The highest BCUT2D eigenvalue weighted by Gasteiger charge is 2.17. The minimum atomic E-state index is 0.888. The van der Waals surface area contributed by atoms with Crippen molar-refractivity contribution in [2.24, 2.45) is 0 Å². The molecule has 4 nitrogen and oxygen atoms in total. The van der Waals surface area contributed by atoms with Gasteiger partial charge in [-0.3, -0.25) is 0 Å². The minimum Gasteiger partial charge on any atom is -0.309 e. The lowest BCUT2D eigenvalue weighted by atomic mass is 10.00. The van der Waals surface area contributed by atoms with Gasteiger partial charge in [0.2, 0.25) is 0 Å². The highest BCUT2D eigenvalue weighted by Crippen LogP contribution is 2.40. The number of aromatic nitrogens is 4. The molecule has 0 aliphatic heterocycles. The van der Waals surface area contributed by atoms with E-state index >= 15 is 0 Å². The zero-order valence-electron chi connectivity index (χ0n) is 23.6. The Balaban J connectivity index is 1.27. The summed E-state index contributed by atoms with van der Waals surface area (Å²) in [5, 5.41) is 22.0. The number of rotatable bonds is 2. The first-order valence-electron chi connectivity index (χ1n) is 14.9. The molecule has 0 amide bonds. The van der Waals surface area contributed by atoms with Crippen LogP contribution in [-0.4, -0.2) is 19.6 Å². The van der Waals surface area contributed by atoms with Crippen LogP contribution in [0.3, 0.4) is 0 Å². The van der Waals surface area contributed by atoms with Crippen LogP contribution >= 0.6 is 0 Å². The van der Waals surface area contributed by atoms with Gasteiger partial charge in [-0.1, -0.05) is 97.1 Å². The van der Waals surface area contributed by atoms with Gasteiger partial charge in [-0.05, 0) is 86.2 Å². The van der Waals surface area contributed by atoms with Crippen molar-refractivity contribution >= 4 is 75.9 Å². The van der Waals surface area contributed by atoms with Gasteiger partial charge in [0.1, 0.15) is 11.0 Å². The quantitative estimate of drug-likeness (QED) is 0.197. The van der Waals surface area contributed by atoms with Crippen LogP contribution in [0.4, 0.5) is 0 Å². The van der Waals surface area contributed by atoms with Crippen molar-refractivity contribution in [2.75, 3.05) is 0 Å². The molecule has 0 fully saturated rings. The minimum absolute atomic E-state index is 0.888. The molecule has 8 aromatic carbocycles. The van der Waals surface area contributed by atoms with Gasteiger partial charge in [0.25, 0.3) is 0 Å². The second-order valence-corrected chi connectivity index (χ2v) is 11.6. The first-order valence-corrected chi connectivity index (χ1v) is 14.9. The maximum atomic E-state index is 4.97. The molecule has 0 aliphatic rings. The van der Waals surface area contributed by atoms with Crippen LogP contribution < -0.4 is 0 Å². The molecule has 0 spiro atoms. The molecule has 0 radical (unpaired) electrons. The van der Waals surface area contributed by atoms with Crippen LogP contribution in [0.1, 0.15) is 0 Å². The summed E-state index contributed by atoms with van der Waals surface area (Å²) in [7, 11) is 0. The predicted octanol–water partition coefficient (Wildman–Crippen LogP) is 10.1. The number of benzene rings is 8. The van der Waals surface area contributed by atoms with Crippen LogP contribution in [0, 0.1) is 0 Å². The van der Waals surface area contributed by atoms with Crippen molar-refractivity contribution in [1.29, 1.82) is 0 Å². The smallest absolute Gasteiger partial charge is 0.122 e. The molecule has 0 N–H and O–H groups in total. The molecule has 2 aromatic heterocycles. The second-order valence-electron chi connectivity index (χ2n) is 11.6. The molecule has 0 unspecified atom stereocenters. The van der Waals surface area contributed by atoms with E-state index in [1.165, 1.54) is 54.1 Å². The van der Waals surface area contributed by atoms with E-state index in [2.05, 4.69) is 120 Å². The van der Waals surface area contributed by atoms with E-state index in [0.29, 0.717) is 0 Å². The maximum Gasteiger partial charge on any atom is 0.122 e. The van der Waals surface area contributed by atoms with E-state index in [0.717, 1.165) is 33.2 Å². The van der Waals surface area contributed by atoms with Crippen LogP contribution in [-0.2, 0) is 0 Å². The Morgan fingerprint density at radius 3 is 1.98 bits per heavy atom. The summed E-state index contributed by atoms with van der Waals surface area (Å²) >= 11 is 0. The van der Waals surface area contributed by atoms with Gasteiger partial charge < -0.3 is 4.57 Å². The fraction of sp³-hybridized carbons (Fsp3) is 0. The SMILES string of the molecule is c1ccc(-n2nc3ccc4ccc5cc(-n6c7cc8ccccc8cc7c7c8ccccc8ccc76)ccc5c4c3n2)cc1. The highest BCUT2D eigenvalue weighted by atomic mass is 15.5. The van der Waals surface area contributed by atoms with E-state index in [-0.39, 0.29) is 0 Å². The van der Waals surface area contributed by atoms with Gasteiger partial charge in [0.05, 0.1) is 16.7 Å². The van der Waals surface area contributed by atoms with Gasteiger partial charge in [-0.15, -0.1) is 10.2 Å². The average Bonchev–Trinajstić information content (AvgIpc) is 3.67. The van der Waals surface area contributed by atoms with Gasteiger partial charge >= 0.3 is 0 Å². The van der Waals surface area contributed by atoms with Gasteiger partial charge in [0.15, 0.2) is 0 Å². The number of fused-ring (bicyclic) bond motifs is 11. The largest absolute Gasteiger partial charge is 0.309 e. The summed E-state index contributed by atoms with van der Waals surface area (Å²) in [4.78, 5) is 1.74. The first-order chi connectivity index (χ1) is 21.8. The standard InChI is InChI=1S/C40H24N4/c1-2-11-30(12-3-1)44-41-35-20-16-26-14-15-29-22-31(18-19-33(29)38(26)40(35)42-44)43-36-21-17-25-8-6-7-13-32(25)39(36)34-23-27-9-4-5-10-28(27)24-37(34)43/h1-24H. The van der Waals surface area contributed by atoms with Gasteiger partial charge in [-0.25, -0.2) is 0 Å². The summed E-state index contributed by atoms with van der Waals surface area (Å²) in [6.07, 6.45) is 0. The molecule has 0 aliphatic carbocycles. The summed E-state index contributed by atoms with van der Waals surface area (Å²) in [6.45, 7) is 0. The molecule has 44 heavy (non-hydrogen) atoms. The number of hydrogen-bond acceptors (Lipinski definition) is 2. The fourth-order valence-electron chi connectivity index (χ4n) is 7.08. The third-order valence-corrected chi connectivity index (χ3v) is 9.10. The van der Waals surface area contributed by atoms with Crippen molar-refractivity contribution in [3.05, 3.63) is 146 Å². The molecule has 0 atom stereocenters. The number of hydrogen-bond donors (Lipinski definition) is 0. The van der Waals surface area contributed by atoms with E-state index in [1.807, 2.05) is 30.3 Å². The van der Waals surface area contributed by atoms with E-state index in [1.54, 1.807) is 4.80 Å². The Morgan fingerprint density at radius 1 is 0.386 bits per heavy atom. The zero-order chi connectivity index (χ0) is 28.8. The normalized spacial score (nSPS) is 12.1. The number of para-hydroxylation sites is 1. The van der Waals surface area contributed by atoms with Crippen LogP contribution in [0.15, 0.2) is 146 Å². The molecule has 4 heteroatoms. The third-order valence-electron chi connectivity index (χ3n) is 9.10. The predicted molar refractivity (Wildman–Crippen MR) is 183 cm³/mol. The summed E-state index contributed by atoms with van der Waals surface area (Å²) in [5.41, 5.74) is 6.32. The van der Waals surface area contributed by atoms with Crippen LogP contribution in [0.25, 0.3) is 87.3 Å². The Kier molecular flexibility index (Phi) is 4.69. The van der Waals surface area contributed by atoms with Gasteiger partial charge in [-0.2, -0.15) is 4.80 Å². The van der Waals surface area contributed by atoms with Crippen molar-refractivity contribution in [3.8, 4) is 11.4 Å². The molecular formula is C40H24N4. The molecule has 204 valence electrons. The monoisotopic (exact) mass is 560 g/mol. The van der Waals surface area contributed by atoms with Crippen molar-refractivity contribution < 1.29 is 0 Å². The molecule has 0 saturated carbocycles. The molecular weight excluding hydrogens is 536 g/mol. The molecule has 2 heterocycles. The summed E-state index contributed by atoms with van der Waals surface area (Å²) in [5.74, 6) is 0. The molecule has 10 rings (SSSR count). The number of nitrogens with zero attached hydrogens (tertiary/aromatic N) is 4. The van der Waals surface area contributed by atoms with E-state index in [4.69, 9.17) is 10.2 Å².